The van der Waals surface area contributed by atoms with Crippen LogP contribution in [-0.4, -0.2) is 82.2 Å². The number of aromatic nitrogens is 3. The van der Waals surface area contributed by atoms with Crippen LogP contribution >= 0.6 is 0 Å². The van der Waals surface area contributed by atoms with E-state index in [-0.39, 0.29) is 11.8 Å². The first-order chi connectivity index (χ1) is 21.7. The van der Waals surface area contributed by atoms with E-state index in [4.69, 9.17) is 9.15 Å². The molecule has 0 atom stereocenters. The van der Waals surface area contributed by atoms with Crippen molar-refractivity contribution in [3.05, 3.63) is 95.0 Å². The van der Waals surface area contributed by atoms with Gasteiger partial charge in [-0.25, -0.2) is 4.98 Å². The Bertz CT molecular complexity index is 1560. The molecule has 2 fully saturated rings. The third-order valence-electron chi connectivity index (χ3n) is 8.52. The number of rotatable bonds is 8. The van der Waals surface area contributed by atoms with Gasteiger partial charge in [0.25, 0.3) is 5.91 Å². The summed E-state index contributed by atoms with van der Waals surface area (Å²) in [6.07, 6.45) is -0.635. The molecule has 2 aliphatic heterocycles. The number of carbonyl (C=O) groups excluding carboxylic acids is 1. The van der Waals surface area contributed by atoms with E-state index in [0.29, 0.717) is 55.9 Å². The van der Waals surface area contributed by atoms with Crippen LogP contribution in [-0.2, 0) is 19.3 Å². The number of amides is 1. The number of pyridine rings is 1. The van der Waals surface area contributed by atoms with E-state index in [9.17, 15) is 18.0 Å². The van der Waals surface area contributed by atoms with Crippen molar-refractivity contribution in [2.75, 3.05) is 46.4 Å². The van der Waals surface area contributed by atoms with Gasteiger partial charge < -0.3 is 14.1 Å². The number of piperazine rings is 1. The quantitative estimate of drug-likeness (QED) is 0.256. The standard InChI is InChI=1S/C33H35F3N6O3/c1-44-29-11-4-24(20-37-29)22-40-14-12-26(13-15-40)31-39-38-30(45-31)25-5-7-27(8-6-25)32(43)42-18-16-41(17-19-42)21-23-2-9-28(10-3-23)33(34,35)36/h2-11,20,26H,12-19,21-22H2,1H3. The first kappa shape index (κ1) is 30.7. The molecule has 2 aromatic heterocycles. The van der Waals surface area contributed by atoms with Gasteiger partial charge in [0, 0.05) is 68.6 Å². The first-order valence-corrected chi connectivity index (χ1v) is 15.1. The van der Waals surface area contributed by atoms with Crippen LogP contribution in [0.3, 0.4) is 0 Å². The van der Waals surface area contributed by atoms with Crippen LogP contribution in [0.2, 0.25) is 0 Å². The van der Waals surface area contributed by atoms with Crippen LogP contribution in [0, 0.1) is 0 Å². The average Bonchev–Trinajstić information content (AvgIpc) is 3.56. The van der Waals surface area contributed by atoms with Crippen LogP contribution in [0.1, 0.15) is 51.7 Å². The summed E-state index contributed by atoms with van der Waals surface area (Å²) in [4.78, 5) is 23.8. The van der Waals surface area contributed by atoms with Gasteiger partial charge in [-0.15, -0.1) is 10.2 Å². The van der Waals surface area contributed by atoms with Crippen molar-refractivity contribution in [3.8, 4) is 17.3 Å². The Kier molecular flexibility index (Phi) is 9.13. The summed E-state index contributed by atoms with van der Waals surface area (Å²) < 4.78 is 49.7. The van der Waals surface area contributed by atoms with E-state index in [1.807, 2.05) is 30.5 Å². The number of halogens is 3. The van der Waals surface area contributed by atoms with Crippen molar-refractivity contribution in [3.63, 3.8) is 0 Å². The number of ether oxygens (including phenoxy) is 1. The van der Waals surface area contributed by atoms with Crippen molar-refractivity contribution in [1.29, 1.82) is 0 Å². The van der Waals surface area contributed by atoms with Crippen LogP contribution in [0.4, 0.5) is 13.2 Å². The Labute approximate surface area is 259 Å². The Morgan fingerprint density at radius 1 is 0.844 bits per heavy atom. The summed E-state index contributed by atoms with van der Waals surface area (Å²) in [7, 11) is 1.61. The molecule has 2 saturated heterocycles. The number of likely N-dealkylation sites (tertiary alicyclic amines) is 1. The normalized spacial score (nSPS) is 17.0. The summed E-state index contributed by atoms with van der Waals surface area (Å²) in [6.45, 7) is 5.61. The van der Waals surface area contributed by atoms with Gasteiger partial charge >= 0.3 is 6.18 Å². The molecule has 0 unspecified atom stereocenters. The number of nitrogens with zero attached hydrogens (tertiary/aromatic N) is 6. The van der Waals surface area contributed by atoms with Crippen molar-refractivity contribution < 1.29 is 27.1 Å². The van der Waals surface area contributed by atoms with Crippen molar-refractivity contribution in [2.24, 2.45) is 0 Å². The lowest BCUT2D eigenvalue weighted by Gasteiger charge is -2.34. The predicted octanol–water partition coefficient (Wildman–Crippen LogP) is 5.50. The van der Waals surface area contributed by atoms with Gasteiger partial charge in [-0.05, 0) is 73.5 Å². The molecule has 1 amide bonds. The summed E-state index contributed by atoms with van der Waals surface area (Å²) in [6, 6.07) is 16.4. The SMILES string of the molecule is COc1ccc(CN2CCC(c3nnc(-c4ccc(C(=O)N5CCN(Cc6ccc(C(F)(F)F)cc6)CC5)cc4)o3)CC2)cn1. The van der Waals surface area contributed by atoms with E-state index >= 15 is 0 Å². The second kappa shape index (κ2) is 13.4. The minimum Gasteiger partial charge on any atom is -0.481 e. The molecule has 2 aromatic carbocycles. The number of methoxy groups -OCH3 is 1. The van der Waals surface area contributed by atoms with Gasteiger partial charge in [-0.2, -0.15) is 13.2 Å². The fourth-order valence-corrected chi connectivity index (χ4v) is 5.84. The fraction of sp³-hybridized carbons (Fsp3) is 0.394. The highest BCUT2D eigenvalue weighted by Crippen LogP contribution is 2.31. The molecular formula is C33H35F3N6O3. The Morgan fingerprint density at radius 3 is 2.11 bits per heavy atom. The minimum atomic E-state index is -4.34. The van der Waals surface area contributed by atoms with Crippen LogP contribution in [0.15, 0.2) is 71.3 Å². The number of alkyl halides is 3. The minimum absolute atomic E-state index is 0.0564. The number of piperidine rings is 1. The highest BCUT2D eigenvalue weighted by Gasteiger charge is 2.30. The molecule has 0 radical (unpaired) electrons. The number of hydrogen-bond donors (Lipinski definition) is 0. The number of benzene rings is 2. The monoisotopic (exact) mass is 620 g/mol. The maximum atomic E-state index is 13.2. The smallest absolute Gasteiger partial charge is 0.416 e. The zero-order valence-electron chi connectivity index (χ0n) is 25.0. The van der Waals surface area contributed by atoms with Gasteiger partial charge in [0.1, 0.15) is 0 Å². The third kappa shape index (κ3) is 7.51. The molecule has 0 bridgehead atoms. The topological polar surface area (TPSA) is 87.8 Å². The summed E-state index contributed by atoms with van der Waals surface area (Å²) in [5.41, 5.74) is 2.65. The van der Waals surface area contributed by atoms with Crippen LogP contribution in [0.25, 0.3) is 11.5 Å². The maximum Gasteiger partial charge on any atom is 0.416 e. The third-order valence-corrected chi connectivity index (χ3v) is 8.52. The van der Waals surface area contributed by atoms with E-state index < -0.39 is 11.7 Å². The van der Waals surface area contributed by atoms with E-state index in [2.05, 4.69) is 25.0 Å². The van der Waals surface area contributed by atoms with Gasteiger partial charge in [-0.3, -0.25) is 14.6 Å². The molecule has 0 spiro atoms. The van der Waals surface area contributed by atoms with Gasteiger partial charge in [-0.1, -0.05) is 18.2 Å². The maximum absolute atomic E-state index is 13.2. The van der Waals surface area contributed by atoms with Crippen LogP contribution < -0.4 is 4.74 Å². The Balaban J connectivity index is 0.972. The van der Waals surface area contributed by atoms with E-state index in [0.717, 1.165) is 61.3 Å². The molecule has 236 valence electrons. The summed E-state index contributed by atoms with van der Waals surface area (Å²) in [5, 5.41) is 8.62. The second-order valence-electron chi connectivity index (χ2n) is 11.5. The van der Waals surface area contributed by atoms with E-state index in [1.165, 1.54) is 12.1 Å². The predicted molar refractivity (Wildman–Crippen MR) is 160 cm³/mol. The highest BCUT2D eigenvalue weighted by atomic mass is 19.4. The molecule has 0 N–H and O–H groups in total. The first-order valence-electron chi connectivity index (χ1n) is 15.1. The molecule has 4 heterocycles. The zero-order valence-corrected chi connectivity index (χ0v) is 25.0. The average molecular weight is 621 g/mol. The largest absolute Gasteiger partial charge is 0.481 e. The molecule has 0 aliphatic carbocycles. The van der Waals surface area contributed by atoms with Gasteiger partial charge in [0.15, 0.2) is 0 Å². The van der Waals surface area contributed by atoms with Crippen molar-refractivity contribution >= 4 is 5.91 Å². The lowest BCUT2D eigenvalue weighted by atomic mass is 9.96. The summed E-state index contributed by atoms with van der Waals surface area (Å²) in [5.74, 6) is 1.84. The second-order valence-corrected chi connectivity index (χ2v) is 11.5. The number of carbonyl (C=O) groups is 1. The molecule has 0 saturated carbocycles. The number of hydrogen-bond acceptors (Lipinski definition) is 8. The molecule has 45 heavy (non-hydrogen) atoms. The van der Waals surface area contributed by atoms with Gasteiger partial charge in [0.05, 0.1) is 12.7 Å². The molecule has 12 heteroatoms. The van der Waals surface area contributed by atoms with E-state index in [1.54, 1.807) is 24.1 Å². The fourth-order valence-electron chi connectivity index (χ4n) is 5.84. The lowest BCUT2D eigenvalue weighted by Crippen LogP contribution is -2.48. The zero-order chi connectivity index (χ0) is 31.4. The van der Waals surface area contributed by atoms with Gasteiger partial charge in [0.2, 0.25) is 17.7 Å². The lowest BCUT2D eigenvalue weighted by molar-refractivity contribution is -0.137. The molecule has 2 aliphatic rings. The summed E-state index contributed by atoms with van der Waals surface area (Å²) >= 11 is 0. The Morgan fingerprint density at radius 2 is 1.49 bits per heavy atom. The van der Waals surface area contributed by atoms with Crippen molar-refractivity contribution in [1.82, 2.24) is 29.9 Å². The van der Waals surface area contributed by atoms with Crippen molar-refractivity contribution in [2.45, 2.75) is 38.0 Å². The van der Waals surface area contributed by atoms with Crippen LogP contribution in [0.5, 0.6) is 5.88 Å². The molecule has 4 aromatic rings. The highest BCUT2D eigenvalue weighted by molar-refractivity contribution is 5.94. The Hall–Kier alpha value is -4.29. The molecular weight excluding hydrogens is 585 g/mol. The molecule has 6 rings (SSSR count). The molecule has 9 nitrogen and oxygen atoms in total.